The number of nitrogens with zero attached hydrogens (tertiary/aromatic N) is 2. The minimum atomic E-state index is -0.755. The van der Waals surface area contributed by atoms with Crippen LogP contribution in [0.3, 0.4) is 0 Å². The number of carbonyl (C=O) groups is 2. The van der Waals surface area contributed by atoms with Gasteiger partial charge in [-0.05, 0) is 92.4 Å². The normalized spacial score (nSPS) is 30.4. The smallest absolute Gasteiger partial charge is 0.414 e. The van der Waals surface area contributed by atoms with Crippen LogP contribution >= 0.6 is 0 Å². The lowest BCUT2D eigenvalue weighted by atomic mass is 9.48. The molecule has 0 radical (unpaired) electrons. The van der Waals surface area contributed by atoms with Gasteiger partial charge < -0.3 is 29.0 Å². The van der Waals surface area contributed by atoms with E-state index in [-0.39, 0.29) is 17.8 Å². The molecule has 1 aromatic rings. The summed E-state index contributed by atoms with van der Waals surface area (Å²) < 4.78 is 23.9. The maximum atomic E-state index is 12.7. The quantitative estimate of drug-likeness (QED) is 0.371. The van der Waals surface area contributed by atoms with Crippen molar-refractivity contribution < 1.29 is 33.6 Å². The third-order valence-corrected chi connectivity index (χ3v) is 8.56. The zero-order valence-electron chi connectivity index (χ0n) is 24.7. The number of guanidine groups is 1. The van der Waals surface area contributed by atoms with E-state index >= 15 is 0 Å². The van der Waals surface area contributed by atoms with E-state index in [0.29, 0.717) is 18.6 Å². The van der Waals surface area contributed by atoms with Gasteiger partial charge in [-0.2, -0.15) is 0 Å². The predicted molar refractivity (Wildman–Crippen MR) is 148 cm³/mol. The summed E-state index contributed by atoms with van der Waals surface area (Å²) in [5.41, 5.74) is -0.458. The van der Waals surface area contributed by atoms with E-state index in [2.05, 4.69) is 22.6 Å². The van der Waals surface area contributed by atoms with Gasteiger partial charge in [0.15, 0.2) is 11.5 Å². The Morgan fingerprint density at radius 3 is 2.27 bits per heavy atom. The molecule has 11 heteroatoms. The zero-order valence-corrected chi connectivity index (χ0v) is 24.7. The van der Waals surface area contributed by atoms with E-state index in [0.717, 1.165) is 30.5 Å². The summed E-state index contributed by atoms with van der Waals surface area (Å²) in [4.78, 5) is 32.7. The first-order valence-electron chi connectivity index (χ1n) is 14.0. The Morgan fingerprint density at radius 1 is 1.07 bits per heavy atom. The molecule has 220 valence electrons. The summed E-state index contributed by atoms with van der Waals surface area (Å²) in [6, 6.07) is 3.34. The van der Waals surface area contributed by atoms with E-state index in [1.165, 1.54) is 0 Å². The molecular weight excluding hydrogens is 516 g/mol. The highest BCUT2D eigenvalue weighted by Crippen LogP contribution is 2.66. The minimum absolute atomic E-state index is 0.0842. The largest absolute Gasteiger partial charge is 0.504 e. The van der Waals surface area contributed by atoms with Crippen molar-refractivity contribution in [3.63, 3.8) is 0 Å². The predicted octanol–water partition coefficient (Wildman–Crippen LogP) is 3.60. The number of ether oxygens (including phenoxy) is 4. The summed E-state index contributed by atoms with van der Waals surface area (Å²) in [5.74, 6) is 0.488. The van der Waals surface area contributed by atoms with Crippen LogP contribution in [0, 0.1) is 0 Å². The maximum Gasteiger partial charge on any atom is 0.414 e. The molecular formula is C29H42N4O7. The van der Waals surface area contributed by atoms with Crippen LogP contribution in [0.15, 0.2) is 17.1 Å². The number of likely N-dealkylation sites (N-methyl/N-ethyl adjacent to an activating group) is 1. The average Bonchev–Trinajstić information content (AvgIpc) is 3.17. The molecule has 3 N–H and O–H groups in total. The topological polar surface area (TPSA) is 131 Å². The Kier molecular flexibility index (Phi) is 6.77. The van der Waals surface area contributed by atoms with Crippen molar-refractivity contribution in [2.45, 2.75) is 108 Å². The SMILES string of the molecule is CO[C@@]12CC[C@@H](N=C(NC(=O)OC(C)(C)C)NC(=O)OC(C)(C)C)[C@@H]3Oc4c(O)ccc5c4[C@@]31CCN(C)C2C5. The summed E-state index contributed by atoms with van der Waals surface area (Å²) in [6.07, 6.45) is 0.810. The monoisotopic (exact) mass is 558 g/mol. The first-order valence-corrected chi connectivity index (χ1v) is 14.0. The van der Waals surface area contributed by atoms with E-state index in [9.17, 15) is 14.7 Å². The van der Waals surface area contributed by atoms with Crippen LogP contribution in [-0.2, 0) is 26.0 Å². The fourth-order valence-electron chi connectivity index (χ4n) is 7.31. The number of nitrogens with one attached hydrogen (secondary N) is 2. The Morgan fingerprint density at radius 2 is 1.70 bits per heavy atom. The van der Waals surface area contributed by atoms with Crippen LogP contribution in [0.1, 0.15) is 71.9 Å². The van der Waals surface area contributed by atoms with Gasteiger partial charge >= 0.3 is 12.2 Å². The lowest BCUT2D eigenvalue weighted by molar-refractivity contribution is -0.201. The number of phenols is 1. The second-order valence-electron chi connectivity index (χ2n) is 13.3. The van der Waals surface area contributed by atoms with E-state index in [1.54, 1.807) is 54.7 Å². The number of hydrogen-bond acceptors (Lipinski definition) is 9. The minimum Gasteiger partial charge on any atom is -0.504 e. The van der Waals surface area contributed by atoms with Crippen molar-refractivity contribution in [2.24, 2.45) is 4.99 Å². The third-order valence-electron chi connectivity index (χ3n) is 8.56. The first-order chi connectivity index (χ1) is 18.6. The van der Waals surface area contributed by atoms with Gasteiger partial charge in [-0.25, -0.2) is 14.6 Å². The fourth-order valence-corrected chi connectivity index (χ4v) is 7.31. The molecule has 40 heavy (non-hydrogen) atoms. The number of alkyl carbamates (subject to hydrolysis) is 2. The number of aliphatic imine (C=N–C) groups is 1. The van der Waals surface area contributed by atoms with Gasteiger partial charge in [0, 0.05) is 18.7 Å². The van der Waals surface area contributed by atoms with Gasteiger partial charge in [-0.1, -0.05) is 6.07 Å². The molecule has 5 rings (SSSR count). The number of likely N-dealkylation sites (tertiary alicyclic amines) is 1. The lowest BCUT2D eigenvalue weighted by Gasteiger charge is -2.64. The summed E-state index contributed by atoms with van der Waals surface area (Å²) in [6.45, 7) is 11.3. The Hall–Kier alpha value is -3.05. The van der Waals surface area contributed by atoms with Crippen LogP contribution in [-0.4, -0.2) is 83.8 Å². The molecule has 1 saturated carbocycles. The van der Waals surface area contributed by atoms with Crippen molar-refractivity contribution >= 4 is 18.1 Å². The highest BCUT2D eigenvalue weighted by molar-refractivity contribution is 6.01. The molecule has 2 amide bonds. The van der Waals surface area contributed by atoms with Crippen molar-refractivity contribution in [3.05, 3.63) is 23.3 Å². The Balaban J connectivity index is 1.56. The van der Waals surface area contributed by atoms with Gasteiger partial charge in [0.2, 0.25) is 5.96 Å². The molecule has 2 aliphatic heterocycles. The molecule has 2 aliphatic carbocycles. The number of phenolic OH excluding ortho intramolecular Hbond substituents is 1. The highest BCUT2D eigenvalue weighted by Gasteiger charge is 2.73. The number of piperidine rings is 1. The standard InChI is InChI=1S/C29H42N4O7/c1-26(2,3)39-24(35)31-23(32-25(36)40-27(4,5)6)30-17-11-12-29(37-8)19-15-16-9-10-18(34)21-20(16)28(29,22(17)38-21)13-14-33(19)7/h9-10,17,19,22,34H,11-15H2,1-8H3,(H2,30,31,32,35,36)/t17-,19?,22+,28+,29-/m1/s1. The van der Waals surface area contributed by atoms with Gasteiger partial charge in [-0.15, -0.1) is 0 Å². The van der Waals surface area contributed by atoms with Crippen LogP contribution < -0.4 is 15.4 Å². The molecule has 4 aliphatic rings. The third kappa shape index (κ3) is 4.56. The highest BCUT2D eigenvalue weighted by atomic mass is 16.6. The molecule has 0 aromatic heterocycles. The molecule has 5 atom stereocenters. The number of amides is 2. The molecule has 1 aromatic carbocycles. The second-order valence-corrected chi connectivity index (χ2v) is 13.3. The second kappa shape index (κ2) is 9.51. The Bertz CT molecular complexity index is 1200. The summed E-state index contributed by atoms with van der Waals surface area (Å²) in [7, 11) is 3.90. The van der Waals surface area contributed by atoms with Crippen molar-refractivity contribution in [1.82, 2.24) is 15.5 Å². The van der Waals surface area contributed by atoms with Gasteiger partial charge in [0.25, 0.3) is 0 Å². The van der Waals surface area contributed by atoms with Crippen LogP contribution in [0.2, 0.25) is 0 Å². The van der Waals surface area contributed by atoms with Crippen LogP contribution in [0.5, 0.6) is 11.5 Å². The molecule has 2 bridgehead atoms. The number of carbonyl (C=O) groups excluding carboxylic acids is 2. The van der Waals surface area contributed by atoms with Crippen molar-refractivity contribution in [1.29, 1.82) is 0 Å². The van der Waals surface area contributed by atoms with Crippen LogP contribution in [0.4, 0.5) is 9.59 Å². The van der Waals surface area contributed by atoms with Gasteiger partial charge in [0.1, 0.15) is 17.3 Å². The number of benzene rings is 1. The molecule has 1 saturated heterocycles. The molecule has 2 heterocycles. The fraction of sp³-hybridized carbons (Fsp3) is 0.690. The zero-order chi connectivity index (χ0) is 29.3. The summed E-state index contributed by atoms with van der Waals surface area (Å²) >= 11 is 0. The van der Waals surface area contributed by atoms with Crippen molar-refractivity contribution in [2.75, 3.05) is 20.7 Å². The first kappa shape index (κ1) is 28.5. The molecule has 1 unspecified atom stereocenters. The molecule has 11 nitrogen and oxygen atoms in total. The number of rotatable bonds is 2. The van der Waals surface area contributed by atoms with Crippen LogP contribution in [0.25, 0.3) is 0 Å². The Labute approximate surface area is 235 Å². The number of aromatic hydroxyl groups is 1. The number of hydrogen-bond donors (Lipinski definition) is 3. The van der Waals surface area contributed by atoms with E-state index in [4.69, 9.17) is 23.9 Å². The van der Waals surface area contributed by atoms with E-state index in [1.807, 2.05) is 6.07 Å². The molecule has 1 spiro atoms. The lowest BCUT2D eigenvalue weighted by Crippen LogP contribution is -2.77. The number of methoxy groups -OCH3 is 1. The van der Waals surface area contributed by atoms with E-state index < -0.39 is 46.6 Å². The van der Waals surface area contributed by atoms with Gasteiger partial charge in [-0.3, -0.25) is 10.6 Å². The maximum absolute atomic E-state index is 12.7. The van der Waals surface area contributed by atoms with Gasteiger partial charge in [0.05, 0.1) is 17.1 Å². The molecule has 2 fully saturated rings. The average molecular weight is 559 g/mol. The van der Waals surface area contributed by atoms with Crippen molar-refractivity contribution in [3.8, 4) is 11.5 Å². The summed E-state index contributed by atoms with van der Waals surface area (Å²) in [5, 5.41) is 16.1.